The van der Waals surface area contributed by atoms with E-state index in [9.17, 15) is 4.79 Å². The smallest absolute Gasteiger partial charge is 0.265 e. The van der Waals surface area contributed by atoms with E-state index >= 15 is 0 Å². The Morgan fingerprint density at radius 3 is 2.43 bits per heavy atom. The van der Waals surface area contributed by atoms with Crippen LogP contribution in [0.2, 0.25) is 0 Å². The zero-order valence-electron chi connectivity index (χ0n) is 15.1. The van der Waals surface area contributed by atoms with Gasteiger partial charge in [-0.2, -0.15) is 0 Å². The van der Waals surface area contributed by atoms with Gasteiger partial charge in [0.2, 0.25) is 0 Å². The third-order valence-corrected chi connectivity index (χ3v) is 5.46. The number of carbonyl (C=O) groups is 1. The number of amides is 1. The second-order valence-electron chi connectivity index (χ2n) is 6.36. The normalized spacial score (nSPS) is 12.1. The molecule has 0 saturated carbocycles. The number of fused-ring (bicyclic) bond motifs is 1. The van der Waals surface area contributed by atoms with Crippen molar-refractivity contribution in [1.82, 2.24) is 0 Å². The maximum absolute atomic E-state index is 12.4. The first kappa shape index (κ1) is 19.9. The highest BCUT2D eigenvalue weighted by molar-refractivity contribution is 7.14. The number of rotatable bonds is 5. The molecule has 4 rings (SSSR count). The highest BCUT2D eigenvalue weighted by atomic mass is 35.5. The predicted molar refractivity (Wildman–Crippen MR) is 116 cm³/mol. The number of nitrogens with two attached hydrogens (primary N) is 1. The Hall–Kier alpha value is -2.83. The summed E-state index contributed by atoms with van der Waals surface area (Å²) in [5, 5.41) is 7.10. The molecule has 144 valence electrons. The molecule has 7 heteroatoms. The third-order valence-electron chi connectivity index (χ3n) is 4.40. The molecule has 3 aromatic rings. The number of benzene rings is 2. The number of nitrogens with one attached hydrogen (secondary N) is 1. The van der Waals surface area contributed by atoms with Crippen LogP contribution in [0.15, 0.2) is 65.8 Å². The van der Waals surface area contributed by atoms with E-state index in [1.807, 2.05) is 30.3 Å². The summed E-state index contributed by atoms with van der Waals surface area (Å²) in [6.07, 6.45) is 1.68. The Kier molecular flexibility index (Phi) is 6.34. The fourth-order valence-electron chi connectivity index (χ4n) is 3.03. The van der Waals surface area contributed by atoms with Crippen molar-refractivity contribution in [3.8, 4) is 0 Å². The Labute approximate surface area is 173 Å². The molecule has 1 heterocycles. The van der Waals surface area contributed by atoms with Gasteiger partial charge < -0.3 is 15.9 Å². The third kappa shape index (κ3) is 4.52. The van der Waals surface area contributed by atoms with Crippen molar-refractivity contribution in [2.24, 2.45) is 5.16 Å². The van der Waals surface area contributed by atoms with Crippen molar-refractivity contribution in [3.05, 3.63) is 81.5 Å². The van der Waals surface area contributed by atoms with Crippen molar-refractivity contribution in [2.45, 2.75) is 19.4 Å². The number of oxime groups is 1. The van der Waals surface area contributed by atoms with Gasteiger partial charge in [0.15, 0.2) is 6.61 Å². The van der Waals surface area contributed by atoms with Crippen LogP contribution in [0, 0.1) is 0 Å². The Balaban J connectivity index is 0.00000225. The summed E-state index contributed by atoms with van der Waals surface area (Å²) in [6, 6.07) is 19.2. The molecule has 0 unspecified atom stereocenters. The number of nitrogen functional groups attached to an aromatic ring is 1. The Morgan fingerprint density at radius 1 is 1.04 bits per heavy atom. The second kappa shape index (κ2) is 8.91. The number of carbonyl (C=O) groups excluding carboxylic acids is 1. The fourth-order valence-corrected chi connectivity index (χ4v) is 3.84. The molecule has 0 saturated heterocycles. The molecule has 28 heavy (non-hydrogen) atoms. The second-order valence-corrected chi connectivity index (χ2v) is 7.53. The van der Waals surface area contributed by atoms with Crippen LogP contribution in [-0.4, -0.2) is 11.6 Å². The minimum Gasteiger partial charge on any atom is -0.397 e. The lowest BCUT2D eigenvalue weighted by Gasteiger charge is -2.06. The summed E-state index contributed by atoms with van der Waals surface area (Å²) in [7, 11) is 0. The lowest BCUT2D eigenvalue weighted by atomic mass is 10.1. The monoisotopic (exact) mass is 413 g/mol. The van der Waals surface area contributed by atoms with E-state index < -0.39 is 0 Å². The van der Waals surface area contributed by atoms with Crippen LogP contribution in [0.3, 0.4) is 0 Å². The molecule has 0 aliphatic heterocycles. The Morgan fingerprint density at radius 2 is 1.71 bits per heavy atom. The summed E-state index contributed by atoms with van der Waals surface area (Å²) in [6.45, 7) is 0.352. The average molecular weight is 414 g/mol. The van der Waals surface area contributed by atoms with Gasteiger partial charge in [-0.1, -0.05) is 41.6 Å². The molecule has 1 aromatic heterocycles. The van der Waals surface area contributed by atoms with Crippen LogP contribution in [-0.2, 0) is 24.3 Å². The molecule has 1 aliphatic rings. The first-order chi connectivity index (χ1) is 13.2. The average Bonchev–Trinajstić information content (AvgIpc) is 3.30. The van der Waals surface area contributed by atoms with Crippen molar-refractivity contribution >= 4 is 46.7 Å². The number of thiophene rings is 1. The summed E-state index contributed by atoms with van der Waals surface area (Å²) < 4.78 is 0. The maximum Gasteiger partial charge on any atom is 0.265 e. The predicted octanol–water partition coefficient (Wildman–Crippen LogP) is 4.68. The van der Waals surface area contributed by atoms with Gasteiger partial charge in [0.1, 0.15) is 0 Å². The topological polar surface area (TPSA) is 76.7 Å². The summed E-state index contributed by atoms with van der Waals surface area (Å²) >= 11 is 1.39. The quantitative estimate of drug-likeness (QED) is 0.471. The first-order valence-electron chi connectivity index (χ1n) is 8.68. The molecule has 0 spiro atoms. The van der Waals surface area contributed by atoms with Crippen molar-refractivity contribution in [3.63, 3.8) is 0 Å². The SMILES string of the molecule is Cl.Nc1ccccc1NC(=O)c1ccc(CON=C2Cc3ccccc3C2)s1. The minimum atomic E-state index is -0.179. The van der Waals surface area contributed by atoms with Gasteiger partial charge in [-0.15, -0.1) is 23.7 Å². The molecule has 0 bridgehead atoms. The standard InChI is InChI=1S/C21H19N3O2S.ClH/c22-18-7-3-4-8-19(18)23-21(25)20-10-9-17(27-20)13-26-24-16-11-14-5-1-2-6-15(14)12-16;/h1-10H,11-13,22H2,(H,23,25);1H. The molecule has 0 radical (unpaired) electrons. The van der Waals surface area contributed by atoms with Gasteiger partial charge in [-0.25, -0.2) is 0 Å². The van der Waals surface area contributed by atoms with E-state index in [-0.39, 0.29) is 18.3 Å². The van der Waals surface area contributed by atoms with Gasteiger partial charge in [0, 0.05) is 17.7 Å². The number of hydrogen-bond donors (Lipinski definition) is 2. The van der Waals surface area contributed by atoms with Crippen LogP contribution < -0.4 is 11.1 Å². The summed E-state index contributed by atoms with van der Waals surface area (Å²) in [4.78, 5) is 19.4. The summed E-state index contributed by atoms with van der Waals surface area (Å²) in [5.74, 6) is -0.179. The minimum absolute atomic E-state index is 0. The van der Waals surface area contributed by atoms with E-state index in [0.717, 1.165) is 23.4 Å². The van der Waals surface area contributed by atoms with E-state index in [2.05, 4.69) is 22.6 Å². The molecule has 5 nitrogen and oxygen atoms in total. The van der Waals surface area contributed by atoms with E-state index in [1.165, 1.54) is 22.5 Å². The number of halogens is 1. The van der Waals surface area contributed by atoms with Gasteiger partial charge in [0.05, 0.1) is 22.0 Å². The fraction of sp³-hybridized carbons (Fsp3) is 0.143. The molecule has 1 amide bonds. The van der Waals surface area contributed by atoms with E-state index in [4.69, 9.17) is 10.6 Å². The lowest BCUT2D eigenvalue weighted by Crippen LogP contribution is -2.11. The van der Waals surface area contributed by atoms with Crippen LogP contribution in [0.1, 0.15) is 25.7 Å². The van der Waals surface area contributed by atoms with Crippen molar-refractivity contribution in [2.75, 3.05) is 11.1 Å². The number of hydrogen-bond acceptors (Lipinski definition) is 5. The largest absolute Gasteiger partial charge is 0.397 e. The van der Waals surface area contributed by atoms with Crippen molar-refractivity contribution < 1.29 is 9.63 Å². The van der Waals surface area contributed by atoms with Crippen molar-refractivity contribution in [1.29, 1.82) is 0 Å². The molecular weight excluding hydrogens is 394 g/mol. The highest BCUT2D eigenvalue weighted by Gasteiger charge is 2.16. The number of anilines is 2. The van der Waals surface area contributed by atoms with E-state index in [0.29, 0.717) is 22.9 Å². The van der Waals surface area contributed by atoms with Crippen LogP contribution in [0.4, 0.5) is 11.4 Å². The molecule has 0 atom stereocenters. The van der Waals surface area contributed by atoms with Crippen LogP contribution >= 0.6 is 23.7 Å². The number of nitrogens with zero attached hydrogens (tertiary/aromatic N) is 1. The van der Waals surface area contributed by atoms with Crippen LogP contribution in [0.5, 0.6) is 0 Å². The summed E-state index contributed by atoms with van der Waals surface area (Å²) in [5.41, 5.74) is 10.7. The highest BCUT2D eigenvalue weighted by Crippen LogP contribution is 2.23. The van der Waals surface area contributed by atoms with Gasteiger partial charge in [-0.05, 0) is 35.4 Å². The Bertz CT molecular complexity index is 989. The zero-order valence-corrected chi connectivity index (χ0v) is 16.7. The zero-order chi connectivity index (χ0) is 18.6. The number of para-hydroxylation sites is 2. The molecular formula is C21H20ClN3O2S. The molecule has 3 N–H and O–H groups in total. The molecule has 0 fully saturated rings. The first-order valence-corrected chi connectivity index (χ1v) is 9.50. The lowest BCUT2D eigenvalue weighted by molar-refractivity contribution is 0.103. The molecule has 1 aliphatic carbocycles. The maximum atomic E-state index is 12.4. The molecule has 2 aromatic carbocycles. The van der Waals surface area contributed by atoms with Crippen LogP contribution in [0.25, 0.3) is 0 Å². The van der Waals surface area contributed by atoms with Gasteiger partial charge >= 0.3 is 0 Å². The van der Waals surface area contributed by atoms with Gasteiger partial charge in [0.25, 0.3) is 5.91 Å². The van der Waals surface area contributed by atoms with Gasteiger partial charge in [-0.3, -0.25) is 4.79 Å². The van der Waals surface area contributed by atoms with E-state index in [1.54, 1.807) is 18.2 Å².